The van der Waals surface area contributed by atoms with E-state index < -0.39 is 5.97 Å². The van der Waals surface area contributed by atoms with E-state index in [0.717, 1.165) is 0 Å². The maximum atomic E-state index is 11.0. The standard InChI is InChI=1S/C13H15BrO6/c1-18-2-3-19-8-20-13-10(7-15)4-9(5-11(13)14)6-12(16)17/h4-5,7H,2-3,6,8H2,1H3,(H,16,17). The summed E-state index contributed by atoms with van der Waals surface area (Å²) in [5.74, 6) is -0.642. The van der Waals surface area contributed by atoms with Crippen molar-refractivity contribution in [2.24, 2.45) is 0 Å². The van der Waals surface area contributed by atoms with Crippen LogP contribution in [0.3, 0.4) is 0 Å². The van der Waals surface area contributed by atoms with Crippen LogP contribution in [0, 0.1) is 0 Å². The molecule has 0 atom stereocenters. The minimum Gasteiger partial charge on any atom is -0.481 e. The predicted octanol–water partition coefficient (Wildman–Crippen LogP) is 1.89. The zero-order chi connectivity index (χ0) is 15.0. The first-order valence-corrected chi connectivity index (χ1v) is 6.56. The molecular weight excluding hydrogens is 332 g/mol. The van der Waals surface area contributed by atoms with Crippen molar-refractivity contribution >= 4 is 28.2 Å². The Bertz CT molecular complexity index is 474. The molecule has 0 saturated heterocycles. The van der Waals surface area contributed by atoms with Crippen molar-refractivity contribution in [3.05, 3.63) is 27.7 Å². The molecule has 0 fully saturated rings. The van der Waals surface area contributed by atoms with Crippen molar-refractivity contribution in [3.8, 4) is 5.75 Å². The molecule has 0 saturated carbocycles. The first-order valence-electron chi connectivity index (χ1n) is 5.77. The van der Waals surface area contributed by atoms with Crippen LogP contribution in [-0.4, -0.2) is 44.5 Å². The summed E-state index contributed by atoms with van der Waals surface area (Å²) >= 11 is 3.25. The van der Waals surface area contributed by atoms with Crippen molar-refractivity contribution in [1.29, 1.82) is 0 Å². The summed E-state index contributed by atoms with van der Waals surface area (Å²) in [6.45, 7) is 0.797. The summed E-state index contributed by atoms with van der Waals surface area (Å²) in [4.78, 5) is 21.7. The fourth-order valence-electron chi connectivity index (χ4n) is 1.49. The topological polar surface area (TPSA) is 82.1 Å². The lowest BCUT2D eigenvalue weighted by molar-refractivity contribution is -0.136. The SMILES string of the molecule is COCCOCOc1c(Br)cc(CC(=O)O)cc1C=O. The Morgan fingerprint density at radius 1 is 1.40 bits per heavy atom. The normalized spacial score (nSPS) is 10.3. The van der Waals surface area contributed by atoms with Gasteiger partial charge in [-0.25, -0.2) is 0 Å². The molecule has 0 unspecified atom stereocenters. The van der Waals surface area contributed by atoms with Gasteiger partial charge in [0.1, 0.15) is 5.75 Å². The van der Waals surface area contributed by atoms with Gasteiger partial charge < -0.3 is 19.3 Å². The van der Waals surface area contributed by atoms with Crippen LogP contribution in [0.1, 0.15) is 15.9 Å². The van der Waals surface area contributed by atoms with Gasteiger partial charge in [-0.3, -0.25) is 9.59 Å². The third-order valence-electron chi connectivity index (χ3n) is 2.33. The molecule has 7 heteroatoms. The number of carboxylic acid groups (broad SMARTS) is 1. The first-order chi connectivity index (χ1) is 9.58. The summed E-state index contributed by atoms with van der Waals surface area (Å²) in [7, 11) is 1.56. The third kappa shape index (κ3) is 5.28. The maximum absolute atomic E-state index is 11.0. The predicted molar refractivity (Wildman–Crippen MR) is 74.2 cm³/mol. The number of halogens is 1. The molecule has 1 aromatic rings. The second kappa shape index (κ2) is 8.68. The molecule has 0 amide bonds. The molecule has 0 aliphatic carbocycles. The Hall–Kier alpha value is -1.44. The van der Waals surface area contributed by atoms with Crippen LogP contribution in [0.25, 0.3) is 0 Å². The zero-order valence-electron chi connectivity index (χ0n) is 10.9. The van der Waals surface area contributed by atoms with Crippen molar-refractivity contribution in [2.75, 3.05) is 27.1 Å². The van der Waals surface area contributed by atoms with Crippen molar-refractivity contribution in [1.82, 2.24) is 0 Å². The molecule has 0 aromatic heterocycles. The Morgan fingerprint density at radius 2 is 2.15 bits per heavy atom. The molecule has 110 valence electrons. The number of carboxylic acids is 1. The largest absolute Gasteiger partial charge is 0.481 e. The van der Waals surface area contributed by atoms with Crippen molar-refractivity contribution in [3.63, 3.8) is 0 Å². The number of hydrogen-bond acceptors (Lipinski definition) is 5. The van der Waals surface area contributed by atoms with Gasteiger partial charge in [0.05, 0.1) is 29.7 Å². The third-order valence-corrected chi connectivity index (χ3v) is 2.92. The van der Waals surface area contributed by atoms with Gasteiger partial charge in [0, 0.05) is 7.11 Å². The van der Waals surface area contributed by atoms with E-state index in [-0.39, 0.29) is 18.8 Å². The quantitative estimate of drug-likeness (QED) is 0.417. The lowest BCUT2D eigenvalue weighted by Gasteiger charge is -2.12. The Kier molecular flexibility index (Phi) is 7.21. The number of aldehydes is 1. The lowest BCUT2D eigenvalue weighted by atomic mass is 10.1. The van der Waals surface area contributed by atoms with E-state index in [0.29, 0.717) is 35.3 Å². The van der Waals surface area contributed by atoms with E-state index in [9.17, 15) is 9.59 Å². The molecule has 6 nitrogen and oxygen atoms in total. The van der Waals surface area contributed by atoms with Gasteiger partial charge >= 0.3 is 5.97 Å². The number of carbonyl (C=O) groups is 2. The van der Waals surface area contributed by atoms with Gasteiger partial charge in [-0.1, -0.05) is 0 Å². The Labute approximate surface area is 124 Å². The van der Waals surface area contributed by atoms with E-state index in [2.05, 4.69) is 15.9 Å². The monoisotopic (exact) mass is 346 g/mol. The summed E-state index contributed by atoms with van der Waals surface area (Å²) in [6.07, 6.45) is 0.449. The van der Waals surface area contributed by atoms with Crippen LogP contribution in [0.5, 0.6) is 5.75 Å². The number of benzene rings is 1. The molecule has 0 radical (unpaired) electrons. The average molecular weight is 347 g/mol. The summed E-state index contributed by atoms with van der Waals surface area (Å²) in [6, 6.07) is 3.09. The lowest BCUT2D eigenvalue weighted by Crippen LogP contribution is -2.09. The molecule has 1 N–H and O–H groups in total. The zero-order valence-corrected chi connectivity index (χ0v) is 12.5. The molecule has 1 rings (SSSR count). The fraction of sp³-hybridized carbons (Fsp3) is 0.385. The number of methoxy groups -OCH3 is 1. The summed E-state index contributed by atoms with van der Waals surface area (Å²) < 4.78 is 15.8. The number of ether oxygens (including phenoxy) is 3. The highest BCUT2D eigenvalue weighted by Gasteiger charge is 2.12. The molecule has 0 bridgehead atoms. The van der Waals surface area contributed by atoms with E-state index >= 15 is 0 Å². The Morgan fingerprint density at radius 3 is 2.75 bits per heavy atom. The molecule has 0 heterocycles. The number of carbonyl (C=O) groups excluding carboxylic acids is 1. The fourth-order valence-corrected chi connectivity index (χ4v) is 2.13. The van der Waals surface area contributed by atoms with Gasteiger partial charge in [-0.2, -0.15) is 0 Å². The Balaban J connectivity index is 2.74. The number of hydrogen-bond donors (Lipinski definition) is 1. The second-order valence-electron chi connectivity index (χ2n) is 3.85. The van der Waals surface area contributed by atoms with Crippen molar-refractivity contribution in [2.45, 2.75) is 6.42 Å². The van der Waals surface area contributed by atoms with E-state index in [1.807, 2.05) is 0 Å². The average Bonchev–Trinajstić information content (AvgIpc) is 2.39. The number of rotatable bonds is 9. The van der Waals surface area contributed by atoms with Gasteiger partial charge in [-0.15, -0.1) is 0 Å². The first kappa shape index (κ1) is 16.6. The van der Waals surface area contributed by atoms with Crippen molar-refractivity contribution < 1.29 is 28.9 Å². The molecule has 20 heavy (non-hydrogen) atoms. The minimum absolute atomic E-state index is 0.0267. The molecule has 0 aliphatic rings. The van der Waals surface area contributed by atoms with Crippen LogP contribution < -0.4 is 4.74 Å². The minimum atomic E-state index is -0.967. The molecule has 0 spiro atoms. The van der Waals surface area contributed by atoms with Crippen LogP contribution >= 0.6 is 15.9 Å². The smallest absolute Gasteiger partial charge is 0.307 e. The van der Waals surface area contributed by atoms with Gasteiger partial charge in [-0.05, 0) is 33.6 Å². The van der Waals surface area contributed by atoms with Crippen LogP contribution in [-0.2, 0) is 20.7 Å². The van der Waals surface area contributed by atoms with E-state index in [4.69, 9.17) is 19.3 Å². The van der Waals surface area contributed by atoms with Gasteiger partial charge in [0.25, 0.3) is 0 Å². The molecular formula is C13H15BrO6. The molecule has 1 aromatic carbocycles. The van der Waals surface area contributed by atoms with Crippen LogP contribution in [0.15, 0.2) is 16.6 Å². The second-order valence-corrected chi connectivity index (χ2v) is 4.70. The number of aliphatic carboxylic acids is 1. The highest BCUT2D eigenvalue weighted by molar-refractivity contribution is 9.10. The summed E-state index contributed by atoms with van der Waals surface area (Å²) in [5, 5.41) is 8.75. The van der Waals surface area contributed by atoms with Crippen LogP contribution in [0.4, 0.5) is 0 Å². The maximum Gasteiger partial charge on any atom is 0.307 e. The molecule has 0 aliphatic heterocycles. The van der Waals surface area contributed by atoms with Gasteiger partial charge in [0.15, 0.2) is 13.1 Å². The van der Waals surface area contributed by atoms with Crippen LogP contribution in [0.2, 0.25) is 0 Å². The van der Waals surface area contributed by atoms with Gasteiger partial charge in [0.2, 0.25) is 0 Å². The van der Waals surface area contributed by atoms with E-state index in [1.54, 1.807) is 13.2 Å². The highest BCUT2D eigenvalue weighted by atomic mass is 79.9. The highest BCUT2D eigenvalue weighted by Crippen LogP contribution is 2.30. The summed E-state index contributed by atoms with van der Waals surface area (Å²) in [5.41, 5.74) is 0.782. The van der Waals surface area contributed by atoms with E-state index in [1.165, 1.54) is 6.07 Å².